The van der Waals surface area contributed by atoms with Crippen molar-refractivity contribution in [1.29, 1.82) is 0 Å². The molecule has 5 nitrogen and oxygen atoms in total. The van der Waals surface area contributed by atoms with E-state index in [4.69, 9.17) is 0 Å². The van der Waals surface area contributed by atoms with Crippen LogP contribution >= 0.6 is 0 Å². The number of amides is 2. The van der Waals surface area contributed by atoms with Crippen molar-refractivity contribution in [2.24, 2.45) is 0 Å². The summed E-state index contributed by atoms with van der Waals surface area (Å²) in [6, 6.07) is 18.1. The molecule has 0 unspecified atom stereocenters. The third-order valence-electron chi connectivity index (χ3n) is 4.18. The van der Waals surface area contributed by atoms with Crippen LogP contribution in [0.5, 0.6) is 0 Å². The summed E-state index contributed by atoms with van der Waals surface area (Å²) in [7, 11) is 0. The van der Waals surface area contributed by atoms with Crippen LogP contribution < -0.4 is 10.6 Å². The van der Waals surface area contributed by atoms with Crippen molar-refractivity contribution in [3.05, 3.63) is 101 Å². The first-order valence-corrected chi connectivity index (χ1v) is 8.89. The molecule has 0 fully saturated rings. The monoisotopic (exact) mass is 371 g/mol. The van der Waals surface area contributed by atoms with Crippen LogP contribution in [-0.4, -0.2) is 16.8 Å². The second-order valence-electron chi connectivity index (χ2n) is 6.43. The lowest BCUT2D eigenvalue weighted by atomic mass is 10.1. The summed E-state index contributed by atoms with van der Waals surface area (Å²) in [4.78, 5) is 29.5. The maximum absolute atomic E-state index is 12.9. The summed E-state index contributed by atoms with van der Waals surface area (Å²) in [5.41, 5.74) is 4.15. The molecule has 0 spiro atoms. The van der Waals surface area contributed by atoms with Gasteiger partial charge >= 0.3 is 0 Å². The van der Waals surface area contributed by atoms with E-state index < -0.39 is 5.91 Å². The van der Waals surface area contributed by atoms with Gasteiger partial charge in [-0.25, -0.2) is 0 Å². The Morgan fingerprint density at radius 2 is 1.64 bits per heavy atom. The lowest BCUT2D eigenvalue weighted by Gasteiger charge is -2.13. The van der Waals surface area contributed by atoms with E-state index in [9.17, 15) is 9.59 Å². The SMILES string of the molecule is Cc1ccc(NC(=O)/C(=C/c2ccncc2)NC(=O)c2ccccc2)c(C)c1. The highest BCUT2D eigenvalue weighted by atomic mass is 16.2. The Morgan fingerprint density at radius 3 is 2.32 bits per heavy atom. The van der Waals surface area contributed by atoms with Crippen LogP contribution in [0.15, 0.2) is 78.8 Å². The molecule has 2 N–H and O–H groups in total. The Hall–Kier alpha value is -3.73. The molecule has 5 heteroatoms. The number of aryl methyl sites for hydroxylation is 2. The maximum atomic E-state index is 12.9. The Balaban J connectivity index is 1.88. The van der Waals surface area contributed by atoms with Crippen molar-refractivity contribution in [2.75, 3.05) is 5.32 Å². The smallest absolute Gasteiger partial charge is 0.272 e. The Kier molecular flexibility index (Phi) is 5.97. The van der Waals surface area contributed by atoms with E-state index in [2.05, 4.69) is 15.6 Å². The number of benzene rings is 2. The number of nitrogens with one attached hydrogen (secondary N) is 2. The molecule has 0 bridgehead atoms. The quantitative estimate of drug-likeness (QED) is 0.663. The van der Waals surface area contributed by atoms with Crippen molar-refractivity contribution < 1.29 is 9.59 Å². The lowest BCUT2D eigenvalue weighted by molar-refractivity contribution is -0.113. The molecule has 3 rings (SSSR count). The number of hydrogen-bond donors (Lipinski definition) is 2. The summed E-state index contributed by atoms with van der Waals surface area (Å²) in [6.45, 7) is 3.92. The standard InChI is InChI=1S/C23H21N3O2/c1-16-8-9-20(17(2)14-16)25-23(28)21(15-18-10-12-24-13-11-18)26-22(27)19-6-4-3-5-7-19/h3-15H,1-2H3,(H,25,28)(H,26,27)/b21-15-. The van der Waals surface area contributed by atoms with Crippen molar-refractivity contribution in [2.45, 2.75) is 13.8 Å². The topological polar surface area (TPSA) is 71.1 Å². The van der Waals surface area contributed by atoms with Crippen molar-refractivity contribution in [3.63, 3.8) is 0 Å². The predicted molar refractivity (Wildman–Crippen MR) is 111 cm³/mol. The molecule has 0 aliphatic carbocycles. The van der Waals surface area contributed by atoms with Gasteiger partial charge in [0.05, 0.1) is 0 Å². The van der Waals surface area contributed by atoms with Gasteiger partial charge < -0.3 is 10.6 Å². The molecule has 140 valence electrons. The molecule has 0 saturated carbocycles. The number of aromatic nitrogens is 1. The van der Waals surface area contributed by atoms with E-state index >= 15 is 0 Å². The van der Waals surface area contributed by atoms with Gasteiger partial charge in [0.2, 0.25) is 0 Å². The van der Waals surface area contributed by atoms with Gasteiger partial charge in [-0.3, -0.25) is 14.6 Å². The highest BCUT2D eigenvalue weighted by Crippen LogP contribution is 2.17. The molecule has 0 aliphatic rings. The molecule has 0 aliphatic heterocycles. The molecule has 0 atom stereocenters. The van der Waals surface area contributed by atoms with Crippen LogP contribution in [0.25, 0.3) is 6.08 Å². The number of hydrogen-bond acceptors (Lipinski definition) is 3. The van der Waals surface area contributed by atoms with E-state index in [-0.39, 0.29) is 11.6 Å². The minimum atomic E-state index is -0.395. The largest absolute Gasteiger partial charge is 0.320 e. The number of carbonyl (C=O) groups is 2. The fourth-order valence-corrected chi connectivity index (χ4v) is 2.71. The van der Waals surface area contributed by atoms with E-state index in [1.165, 1.54) is 0 Å². The van der Waals surface area contributed by atoms with Crippen LogP contribution in [0.4, 0.5) is 5.69 Å². The molecule has 28 heavy (non-hydrogen) atoms. The van der Waals surface area contributed by atoms with Crippen LogP contribution in [0.1, 0.15) is 27.0 Å². The Morgan fingerprint density at radius 1 is 0.929 bits per heavy atom. The van der Waals surface area contributed by atoms with Gasteiger partial charge in [-0.1, -0.05) is 35.9 Å². The molecule has 0 saturated heterocycles. The highest BCUT2D eigenvalue weighted by Gasteiger charge is 2.15. The summed E-state index contributed by atoms with van der Waals surface area (Å²) in [5, 5.41) is 5.60. The van der Waals surface area contributed by atoms with Crippen LogP contribution in [0.3, 0.4) is 0 Å². The summed E-state index contributed by atoms with van der Waals surface area (Å²) in [5.74, 6) is -0.746. The van der Waals surface area contributed by atoms with Gasteiger partial charge in [0.25, 0.3) is 11.8 Å². The van der Waals surface area contributed by atoms with Gasteiger partial charge in [0, 0.05) is 23.6 Å². The zero-order valence-electron chi connectivity index (χ0n) is 15.8. The van der Waals surface area contributed by atoms with Crippen molar-refractivity contribution in [1.82, 2.24) is 10.3 Å². The summed E-state index contributed by atoms with van der Waals surface area (Å²) in [6.07, 6.45) is 4.89. The second kappa shape index (κ2) is 8.77. The second-order valence-corrected chi connectivity index (χ2v) is 6.43. The van der Waals surface area contributed by atoms with Crippen molar-refractivity contribution >= 4 is 23.6 Å². The molecule has 1 heterocycles. The van der Waals surface area contributed by atoms with Crippen molar-refractivity contribution in [3.8, 4) is 0 Å². The number of carbonyl (C=O) groups excluding carboxylic acids is 2. The minimum absolute atomic E-state index is 0.153. The molecule has 2 amide bonds. The minimum Gasteiger partial charge on any atom is -0.320 e. The first-order valence-electron chi connectivity index (χ1n) is 8.89. The molecule has 0 radical (unpaired) electrons. The fourth-order valence-electron chi connectivity index (χ4n) is 2.71. The van der Waals surface area contributed by atoms with Gasteiger partial charge in [-0.2, -0.15) is 0 Å². The van der Waals surface area contributed by atoms with Crippen LogP contribution in [0.2, 0.25) is 0 Å². The first kappa shape index (κ1) is 19.0. The molecular weight excluding hydrogens is 350 g/mol. The van der Waals surface area contributed by atoms with E-state index in [0.29, 0.717) is 11.3 Å². The van der Waals surface area contributed by atoms with Crippen LogP contribution in [-0.2, 0) is 4.79 Å². The van der Waals surface area contributed by atoms with Gasteiger partial charge in [-0.05, 0) is 61.4 Å². The molecule has 1 aromatic heterocycles. The van der Waals surface area contributed by atoms with E-state index in [0.717, 1.165) is 16.7 Å². The average Bonchev–Trinajstić information content (AvgIpc) is 2.71. The number of pyridine rings is 1. The molecule has 3 aromatic rings. The normalized spacial score (nSPS) is 11.0. The van der Waals surface area contributed by atoms with E-state index in [1.54, 1.807) is 54.9 Å². The Labute approximate surface area is 164 Å². The first-order chi connectivity index (χ1) is 13.5. The number of rotatable bonds is 5. The van der Waals surface area contributed by atoms with Crippen LogP contribution in [0, 0.1) is 13.8 Å². The number of nitrogens with zero attached hydrogens (tertiary/aromatic N) is 1. The maximum Gasteiger partial charge on any atom is 0.272 e. The molecule has 2 aromatic carbocycles. The predicted octanol–water partition coefficient (Wildman–Crippen LogP) is 4.11. The Bertz CT molecular complexity index is 1010. The van der Waals surface area contributed by atoms with Gasteiger partial charge in [-0.15, -0.1) is 0 Å². The number of anilines is 1. The van der Waals surface area contributed by atoms with Gasteiger partial charge in [0.15, 0.2) is 0 Å². The third kappa shape index (κ3) is 4.92. The third-order valence-corrected chi connectivity index (χ3v) is 4.18. The lowest BCUT2D eigenvalue weighted by Crippen LogP contribution is -2.30. The zero-order valence-corrected chi connectivity index (χ0v) is 15.8. The van der Waals surface area contributed by atoms with E-state index in [1.807, 2.05) is 38.1 Å². The molecular formula is C23H21N3O2. The summed E-state index contributed by atoms with van der Waals surface area (Å²) >= 11 is 0. The highest BCUT2D eigenvalue weighted by molar-refractivity contribution is 6.10. The average molecular weight is 371 g/mol. The summed E-state index contributed by atoms with van der Waals surface area (Å²) < 4.78 is 0. The zero-order chi connectivity index (χ0) is 19.9. The van der Waals surface area contributed by atoms with Gasteiger partial charge in [0.1, 0.15) is 5.70 Å². The fraction of sp³-hybridized carbons (Fsp3) is 0.0870.